The number of rotatable bonds is 7. The molecule has 3 fully saturated rings. The number of hydrogen-bond donors (Lipinski definition) is 5. The van der Waals surface area contributed by atoms with Crippen molar-refractivity contribution >= 4 is 20.8 Å². The SMILES string of the molecule is O=S(=O)(O)O[C@@H]1[C@H](O)[C@@H](O)[C@H](O[C@]23OC[C@H]2OCC[C@@H]3OS(=O)(=O)O)O[C@@H]1CO. The Kier molecular flexibility index (Phi) is 6.53. The second kappa shape index (κ2) is 8.19. The first-order valence-corrected chi connectivity index (χ1v) is 11.0. The molecule has 29 heavy (non-hydrogen) atoms. The van der Waals surface area contributed by atoms with Crippen LogP contribution in [0.4, 0.5) is 0 Å². The molecule has 5 N–H and O–H groups in total. The summed E-state index contributed by atoms with van der Waals surface area (Å²) in [5, 5.41) is 29.8. The monoisotopic (exact) mass is 468 g/mol. The van der Waals surface area contributed by atoms with Crippen molar-refractivity contribution in [2.24, 2.45) is 0 Å². The lowest BCUT2D eigenvalue weighted by atomic mass is 9.92. The van der Waals surface area contributed by atoms with Gasteiger partial charge in [-0.15, -0.1) is 0 Å². The van der Waals surface area contributed by atoms with Crippen molar-refractivity contribution in [1.29, 1.82) is 0 Å². The van der Waals surface area contributed by atoms with Crippen LogP contribution in [-0.2, 0) is 48.1 Å². The zero-order chi connectivity index (χ0) is 21.6. The molecule has 8 atom stereocenters. The minimum absolute atomic E-state index is 0.0412. The molecular formula is C12H20O15S2. The van der Waals surface area contributed by atoms with E-state index in [-0.39, 0.29) is 19.6 Å². The highest BCUT2D eigenvalue weighted by Crippen LogP contribution is 2.43. The van der Waals surface area contributed by atoms with Crippen molar-refractivity contribution in [3.05, 3.63) is 0 Å². The quantitative estimate of drug-likeness (QED) is 0.227. The lowest BCUT2D eigenvalue weighted by molar-refractivity contribution is -0.462. The molecule has 0 aromatic carbocycles. The molecule has 0 aliphatic carbocycles. The Bertz CT molecular complexity index is 796. The molecule has 3 saturated heterocycles. The minimum atomic E-state index is -5.07. The Morgan fingerprint density at radius 2 is 1.69 bits per heavy atom. The fourth-order valence-electron chi connectivity index (χ4n) is 3.34. The van der Waals surface area contributed by atoms with Gasteiger partial charge in [-0.2, -0.15) is 16.8 Å². The molecular weight excluding hydrogens is 448 g/mol. The molecule has 0 radical (unpaired) electrons. The van der Waals surface area contributed by atoms with E-state index in [0.29, 0.717) is 0 Å². The van der Waals surface area contributed by atoms with Crippen molar-refractivity contribution < 1.29 is 68.6 Å². The van der Waals surface area contributed by atoms with E-state index >= 15 is 0 Å². The molecule has 0 saturated carbocycles. The Morgan fingerprint density at radius 3 is 2.21 bits per heavy atom. The molecule has 0 bridgehead atoms. The molecule has 0 amide bonds. The van der Waals surface area contributed by atoms with E-state index < -0.39 is 76.1 Å². The number of aliphatic hydroxyl groups excluding tert-OH is 3. The van der Waals surface area contributed by atoms with Crippen LogP contribution in [-0.4, -0.2) is 110 Å². The van der Waals surface area contributed by atoms with Crippen LogP contribution in [0.1, 0.15) is 6.42 Å². The van der Waals surface area contributed by atoms with Crippen LogP contribution in [0.3, 0.4) is 0 Å². The smallest absolute Gasteiger partial charge is 0.394 e. The fourth-order valence-corrected chi connectivity index (χ4v) is 4.38. The minimum Gasteiger partial charge on any atom is -0.394 e. The van der Waals surface area contributed by atoms with E-state index in [4.69, 9.17) is 28.1 Å². The van der Waals surface area contributed by atoms with Gasteiger partial charge < -0.3 is 34.3 Å². The van der Waals surface area contributed by atoms with Gasteiger partial charge in [-0.1, -0.05) is 0 Å². The highest BCUT2D eigenvalue weighted by Gasteiger charge is 2.63. The van der Waals surface area contributed by atoms with Crippen LogP contribution >= 0.6 is 0 Å². The van der Waals surface area contributed by atoms with E-state index in [9.17, 15) is 32.2 Å². The zero-order valence-electron chi connectivity index (χ0n) is 14.5. The Labute approximate surface area is 164 Å². The molecule has 15 nitrogen and oxygen atoms in total. The standard InChI is InChI=1S/C12H20O15S2/c13-3-5-10(27-29(19,20)21)8(14)9(15)11(24-5)25-12-6(26-28(16,17)18)1-2-22-7(12)4-23-12/h5-11,13-15H,1-4H2,(H,16,17,18)(H,19,20,21)/t5-,6+,7-,8-,9-,10+,11+,12+/m1/s1. The van der Waals surface area contributed by atoms with Gasteiger partial charge in [0.15, 0.2) is 6.29 Å². The molecule has 0 aromatic rings. The van der Waals surface area contributed by atoms with Crippen LogP contribution < -0.4 is 0 Å². The predicted molar refractivity (Wildman–Crippen MR) is 84.7 cm³/mol. The predicted octanol–water partition coefficient (Wildman–Crippen LogP) is -3.67. The average molecular weight is 468 g/mol. The van der Waals surface area contributed by atoms with Gasteiger partial charge in [-0.25, -0.2) is 8.37 Å². The summed E-state index contributed by atoms with van der Waals surface area (Å²) in [4.78, 5) is 0. The largest absolute Gasteiger partial charge is 0.397 e. The summed E-state index contributed by atoms with van der Waals surface area (Å²) in [5.41, 5.74) is 0. The molecule has 170 valence electrons. The van der Waals surface area contributed by atoms with Crippen molar-refractivity contribution in [3.63, 3.8) is 0 Å². The van der Waals surface area contributed by atoms with E-state index in [2.05, 4.69) is 8.37 Å². The van der Waals surface area contributed by atoms with Crippen molar-refractivity contribution in [2.75, 3.05) is 19.8 Å². The van der Waals surface area contributed by atoms with Crippen molar-refractivity contribution in [2.45, 2.75) is 55.1 Å². The first kappa shape index (κ1) is 23.1. The summed E-state index contributed by atoms with van der Waals surface area (Å²) in [6.45, 7) is -0.920. The Balaban J connectivity index is 1.81. The van der Waals surface area contributed by atoms with Crippen molar-refractivity contribution in [1.82, 2.24) is 0 Å². The summed E-state index contributed by atoms with van der Waals surface area (Å²) < 4.78 is 92.1. The summed E-state index contributed by atoms with van der Waals surface area (Å²) in [6, 6.07) is 0. The number of fused-ring (bicyclic) bond motifs is 1. The Hall–Kier alpha value is -0.540. The van der Waals surface area contributed by atoms with Gasteiger partial charge in [0.25, 0.3) is 0 Å². The topological polar surface area (TPSA) is 225 Å². The molecule has 0 aromatic heterocycles. The van der Waals surface area contributed by atoms with Gasteiger partial charge >= 0.3 is 20.8 Å². The average Bonchev–Trinajstić information content (AvgIpc) is 2.57. The third-order valence-corrected chi connectivity index (χ3v) is 5.59. The molecule has 0 spiro atoms. The summed E-state index contributed by atoms with van der Waals surface area (Å²) in [5.74, 6) is -1.95. The molecule has 3 heterocycles. The van der Waals surface area contributed by atoms with E-state index in [1.807, 2.05) is 0 Å². The van der Waals surface area contributed by atoms with Crippen LogP contribution in [0.5, 0.6) is 0 Å². The lowest BCUT2D eigenvalue weighted by Crippen LogP contribution is -2.73. The third kappa shape index (κ3) is 4.87. The van der Waals surface area contributed by atoms with E-state index in [1.54, 1.807) is 0 Å². The molecule has 3 aliphatic rings. The second-order valence-corrected chi connectivity index (χ2v) is 8.60. The molecule has 17 heteroatoms. The number of aliphatic hydroxyl groups is 3. The van der Waals surface area contributed by atoms with Gasteiger partial charge in [-0.3, -0.25) is 9.11 Å². The van der Waals surface area contributed by atoms with Crippen molar-refractivity contribution in [3.8, 4) is 0 Å². The van der Waals surface area contributed by atoms with Gasteiger partial charge in [-0.05, 0) is 0 Å². The zero-order valence-corrected chi connectivity index (χ0v) is 16.1. The molecule has 3 aliphatic heterocycles. The van der Waals surface area contributed by atoms with E-state index in [0.717, 1.165) is 0 Å². The number of hydrogen-bond acceptors (Lipinski definition) is 13. The summed E-state index contributed by atoms with van der Waals surface area (Å²) in [6.07, 6.45) is -11.6. The maximum Gasteiger partial charge on any atom is 0.397 e. The lowest BCUT2D eigenvalue weighted by Gasteiger charge is -2.55. The fraction of sp³-hybridized carbons (Fsp3) is 1.00. The highest BCUT2D eigenvalue weighted by atomic mass is 32.3. The third-order valence-electron chi connectivity index (χ3n) is 4.65. The first-order chi connectivity index (χ1) is 13.4. The number of ether oxygens (including phenoxy) is 4. The molecule has 3 rings (SSSR count). The van der Waals surface area contributed by atoms with Gasteiger partial charge in [0.05, 0.1) is 19.8 Å². The van der Waals surface area contributed by atoms with Crippen LogP contribution in [0.15, 0.2) is 0 Å². The second-order valence-electron chi connectivity index (χ2n) is 6.51. The maximum atomic E-state index is 11.1. The van der Waals surface area contributed by atoms with Gasteiger partial charge in [0, 0.05) is 6.42 Å². The first-order valence-electron chi connectivity index (χ1n) is 8.23. The van der Waals surface area contributed by atoms with Crippen LogP contribution in [0.25, 0.3) is 0 Å². The normalized spacial score (nSPS) is 43.4. The molecule has 0 unspecified atom stereocenters. The van der Waals surface area contributed by atoms with Gasteiger partial charge in [0.1, 0.15) is 36.6 Å². The highest BCUT2D eigenvalue weighted by molar-refractivity contribution is 7.81. The Morgan fingerprint density at radius 1 is 1.03 bits per heavy atom. The maximum absolute atomic E-state index is 11.1. The van der Waals surface area contributed by atoms with E-state index in [1.165, 1.54) is 0 Å². The van der Waals surface area contributed by atoms with Crippen LogP contribution in [0.2, 0.25) is 0 Å². The summed E-state index contributed by atoms with van der Waals surface area (Å²) in [7, 11) is -9.99. The van der Waals surface area contributed by atoms with Gasteiger partial charge in [0.2, 0.25) is 5.79 Å². The summed E-state index contributed by atoms with van der Waals surface area (Å²) >= 11 is 0. The van der Waals surface area contributed by atoms with Crippen LogP contribution in [0, 0.1) is 0 Å².